The first-order valence-corrected chi connectivity index (χ1v) is 7.89. The van der Waals surface area contributed by atoms with Gasteiger partial charge in [0.25, 0.3) is 0 Å². The van der Waals surface area contributed by atoms with Gasteiger partial charge in [-0.25, -0.2) is 0 Å². The van der Waals surface area contributed by atoms with E-state index in [0.717, 1.165) is 16.5 Å². The molecule has 0 radical (unpaired) electrons. The molecular formula is C17H19BrN2O. The summed E-state index contributed by atoms with van der Waals surface area (Å²) in [5.41, 5.74) is 2.39. The van der Waals surface area contributed by atoms with Crippen LogP contribution in [-0.2, 0) is 11.2 Å². The Kier molecular flexibility index (Phi) is 5.93. The van der Waals surface area contributed by atoms with Gasteiger partial charge in [-0.3, -0.25) is 9.78 Å². The number of nitrogens with zero attached hydrogens (tertiary/aromatic N) is 1. The number of carbonyl (C=O) groups is 1. The third-order valence-corrected chi connectivity index (χ3v) is 3.82. The Hall–Kier alpha value is -1.68. The molecule has 0 aliphatic carbocycles. The monoisotopic (exact) mass is 346 g/mol. The van der Waals surface area contributed by atoms with E-state index >= 15 is 0 Å². The van der Waals surface area contributed by atoms with Gasteiger partial charge in [0.15, 0.2) is 0 Å². The summed E-state index contributed by atoms with van der Waals surface area (Å²) in [6.07, 6.45) is 5.02. The van der Waals surface area contributed by atoms with E-state index in [4.69, 9.17) is 0 Å². The molecule has 0 saturated heterocycles. The smallest absolute Gasteiger partial charge is 0.219 e. The van der Waals surface area contributed by atoms with E-state index in [1.807, 2.05) is 31.3 Å². The highest BCUT2D eigenvalue weighted by atomic mass is 79.9. The number of benzene rings is 1. The second-order valence-corrected chi connectivity index (χ2v) is 5.90. The van der Waals surface area contributed by atoms with Crippen LogP contribution < -0.4 is 5.32 Å². The minimum absolute atomic E-state index is 0.0864. The topological polar surface area (TPSA) is 42.0 Å². The average molecular weight is 347 g/mol. The third-order valence-electron chi connectivity index (χ3n) is 3.38. The Morgan fingerprint density at radius 2 is 2.05 bits per heavy atom. The summed E-state index contributed by atoms with van der Waals surface area (Å²) >= 11 is 3.45. The molecule has 2 aromatic rings. The lowest BCUT2D eigenvalue weighted by molar-refractivity contribution is -0.120. The maximum atomic E-state index is 11.5. The molecule has 1 N–H and O–H groups in total. The van der Waals surface area contributed by atoms with Crippen LogP contribution in [0.3, 0.4) is 0 Å². The van der Waals surface area contributed by atoms with Gasteiger partial charge in [0.05, 0.1) is 0 Å². The van der Waals surface area contributed by atoms with Crippen LogP contribution in [0.2, 0.25) is 0 Å². The van der Waals surface area contributed by atoms with E-state index in [1.54, 1.807) is 6.20 Å². The highest BCUT2D eigenvalue weighted by molar-refractivity contribution is 9.10. The highest BCUT2D eigenvalue weighted by Gasteiger charge is 2.13. The average Bonchev–Trinajstić information content (AvgIpc) is 2.52. The van der Waals surface area contributed by atoms with Crippen LogP contribution in [0.25, 0.3) is 0 Å². The zero-order valence-electron chi connectivity index (χ0n) is 12.1. The van der Waals surface area contributed by atoms with Crippen molar-refractivity contribution in [2.45, 2.75) is 25.7 Å². The fourth-order valence-corrected chi connectivity index (χ4v) is 2.66. The molecule has 1 heterocycles. The summed E-state index contributed by atoms with van der Waals surface area (Å²) in [7, 11) is 0. The lowest BCUT2D eigenvalue weighted by Gasteiger charge is -2.18. The first-order chi connectivity index (χ1) is 10.2. The molecule has 1 aromatic carbocycles. The number of halogens is 1. The summed E-state index contributed by atoms with van der Waals surface area (Å²) in [5, 5.41) is 2.99. The van der Waals surface area contributed by atoms with Crippen LogP contribution in [0, 0.1) is 0 Å². The number of hydrogen-bond acceptors (Lipinski definition) is 2. The van der Waals surface area contributed by atoms with Gasteiger partial charge in [0.1, 0.15) is 0 Å². The largest absolute Gasteiger partial charge is 0.355 e. The lowest BCUT2D eigenvalue weighted by Crippen LogP contribution is -2.28. The highest BCUT2D eigenvalue weighted by Crippen LogP contribution is 2.21. The standard InChI is InChI=1S/C17H19BrN2O/c1-2-17(21)20-11-15(14-6-4-3-5-7-14)8-13-9-16(18)12-19-10-13/h3-7,9-10,12,15H,2,8,11H2,1H3,(H,20,21)/t15-/m0/s1. The molecule has 2 rings (SSSR count). The molecule has 0 bridgehead atoms. The van der Waals surface area contributed by atoms with Crippen molar-refractivity contribution in [3.05, 3.63) is 64.4 Å². The van der Waals surface area contributed by atoms with Crippen molar-refractivity contribution in [2.24, 2.45) is 0 Å². The maximum absolute atomic E-state index is 11.5. The third kappa shape index (κ3) is 4.97. The Morgan fingerprint density at radius 3 is 2.71 bits per heavy atom. The van der Waals surface area contributed by atoms with Crippen molar-refractivity contribution in [1.29, 1.82) is 0 Å². The van der Waals surface area contributed by atoms with Gasteiger partial charge in [0, 0.05) is 35.7 Å². The molecule has 4 heteroatoms. The predicted octanol–water partition coefficient (Wildman–Crippen LogP) is 3.70. The molecule has 1 amide bonds. The number of carbonyl (C=O) groups excluding carboxylic acids is 1. The predicted molar refractivity (Wildman–Crippen MR) is 88.1 cm³/mol. The minimum atomic E-state index is 0.0864. The molecule has 0 fully saturated rings. The minimum Gasteiger partial charge on any atom is -0.355 e. The number of rotatable bonds is 6. The van der Waals surface area contributed by atoms with Crippen LogP contribution in [0.5, 0.6) is 0 Å². The van der Waals surface area contributed by atoms with E-state index in [2.05, 4.69) is 44.4 Å². The van der Waals surface area contributed by atoms with Crippen molar-refractivity contribution in [2.75, 3.05) is 6.54 Å². The van der Waals surface area contributed by atoms with Crippen molar-refractivity contribution in [1.82, 2.24) is 10.3 Å². The molecule has 110 valence electrons. The van der Waals surface area contributed by atoms with Gasteiger partial charge < -0.3 is 5.32 Å². The number of nitrogens with one attached hydrogen (secondary N) is 1. The number of aromatic nitrogens is 1. The molecule has 0 saturated carbocycles. The van der Waals surface area contributed by atoms with E-state index in [0.29, 0.717) is 13.0 Å². The van der Waals surface area contributed by atoms with Gasteiger partial charge in [-0.15, -0.1) is 0 Å². The summed E-state index contributed by atoms with van der Waals surface area (Å²) in [6.45, 7) is 2.51. The molecule has 0 aliphatic rings. The molecule has 1 aromatic heterocycles. The van der Waals surface area contributed by atoms with E-state index in [9.17, 15) is 4.79 Å². The lowest BCUT2D eigenvalue weighted by atomic mass is 9.92. The number of amides is 1. The zero-order valence-corrected chi connectivity index (χ0v) is 13.6. The van der Waals surface area contributed by atoms with Gasteiger partial charge in [0.2, 0.25) is 5.91 Å². The fourth-order valence-electron chi connectivity index (χ4n) is 2.25. The molecule has 3 nitrogen and oxygen atoms in total. The van der Waals surface area contributed by atoms with Crippen LogP contribution in [0.4, 0.5) is 0 Å². The SMILES string of the molecule is CCC(=O)NC[C@H](Cc1cncc(Br)c1)c1ccccc1. The van der Waals surface area contributed by atoms with Crippen molar-refractivity contribution in [3.63, 3.8) is 0 Å². The second-order valence-electron chi connectivity index (χ2n) is 4.98. The van der Waals surface area contributed by atoms with E-state index < -0.39 is 0 Å². The second kappa shape index (κ2) is 7.93. The Morgan fingerprint density at radius 1 is 1.29 bits per heavy atom. The Labute approximate surface area is 133 Å². The van der Waals surface area contributed by atoms with Crippen molar-refractivity contribution >= 4 is 21.8 Å². The Bertz CT molecular complexity index is 586. The first-order valence-electron chi connectivity index (χ1n) is 7.10. The van der Waals surface area contributed by atoms with E-state index in [1.165, 1.54) is 5.56 Å². The molecule has 21 heavy (non-hydrogen) atoms. The molecule has 0 spiro atoms. The van der Waals surface area contributed by atoms with Crippen LogP contribution in [0.1, 0.15) is 30.4 Å². The molecular weight excluding hydrogens is 328 g/mol. The first kappa shape index (κ1) is 15.7. The van der Waals surface area contributed by atoms with Gasteiger partial charge in [-0.2, -0.15) is 0 Å². The summed E-state index contributed by atoms with van der Waals surface area (Å²) < 4.78 is 0.976. The quantitative estimate of drug-likeness (QED) is 0.866. The fraction of sp³-hybridized carbons (Fsp3) is 0.294. The number of pyridine rings is 1. The molecule has 1 atom stereocenters. The van der Waals surface area contributed by atoms with Gasteiger partial charge >= 0.3 is 0 Å². The number of hydrogen-bond donors (Lipinski definition) is 1. The van der Waals surface area contributed by atoms with Crippen molar-refractivity contribution < 1.29 is 4.79 Å². The van der Waals surface area contributed by atoms with Crippen LogP contribution in [-0.4, -0.2) is 17.4 Å². The molecule has 0 aliphatic heterocycles. The maximum Gasteiger partial charge on any atom is 0.219 e. The summed E-state index contributed by atoms with van der Waals surface area (Å²) in [4.78, 5) is 15.7. The van der Waals surface area contributed by atoms with Crippen LogP contribution >= 0.6 is 15.9 Å². The van der Waals surface area contributed by atoms with Gasteiger partial charge in [-0.1, -0.05) is 37.3 Å². The van der Waals surface area contributed by atoms with Gasteiger partial charge in [-0.05, 0) is 39.5 Å². The zero-order chi connectivity index (χ0) is 15.1. The van der Waals surface area contributed by atoms with Crippen molar-refractivity contribution in [3.8, 4) is 0 Å². The normalized spacial score (nSPS) is 11.9. The van der Waals surface area contributed by atoms with Crippen LogP contribution in [0.15, 0.2) is 53.3 Å². The summed E-state index contributed by atoms with van der Waals surface area (Å²) in [5.74, 6) is 0.334. The van der Waals surface area contributed by atoms with E-state index in [-0.39, 0.29) is 11.8 Å². The molecule has 0 unspecified atom stereocenters. The Balaban J connectivity index is 2.13. The summed E-state index contributed by atoms with van der Waals surface area (Å²) in [6, 6.07) is 12.4.